The van der Waals surface area contributed by atoms with E-state index in [0.717, 1.165) is 0 Å². The molecule has 0 amide bonds. The normalized spacial score (nSPS) is 20.3. The van der Waals surface area contributed by atoms with Gasteiger partial charge in [0.25, 0.3) is 0 Å². The quantitative estimate of drug-likeness (QED) is 0.391. The van der Waals surface area contributed by atoms with Gasteiger partial charge in [0.2, 0.25) is 0 Å². The second-order valence-electron chi connectivity index (χ2n) is 7.61. The van der Waals surface area contributed by atoms with Gasteiger partial charge in [0.15, 0.2) is 0 Å². The van der Waals surface area contributed by atoms with Crippen LogP contribution in [0.1, 0.15) is 11.6 Å². The van der Waals surface area contributed by atoms with Crippen molar-refractivity contribution >= 4 is 39.9 Å². The van der Waals surface area contributed by atoms with Crippen molar-refractivity contribution in [3.8, 4) is 0 Å². The largest absolute Gasteiger partial charge is 2.00 e. The van der Waals surface area contributed by atoms with Crippen molar-refractivity contribution < 1.29 is 17.1 Å². The Hall–Kier alpha value is 0.876. The SMILES string of the molecule is CN(C)[C@@H]([C]1[C](Br)[CH][CH][C]1[Si](C)(C)C)c1ccccc1Br.[CH]1[CH][CH][CH][CH]1.[Fe+2]. The maximum absolute atomic E-state index is 3.78. The average molecular weight is 549 g/mol. The second-order valence-corrected chi connectivity index (χ2v) is 14.4. The monoisotopic (exact) mass is 547 g/mol. The van der Waals surface area contributed by atoms with Gasteiger partial charge in [0.1, 0.15) is 0 Å². The second kappa shape index (κ2) is 11.9. The van der Waals surface area contributed by atoms with Gasteiger partial charge in [-0.15, -0.1) is 0 Å². The van der Waals surface area contributed by atoms with Crippen molar-refractivity contribution in [1.29, 1.82) is 0 Å². The summed E-state index contributed by atoms with van der Waals surface area (Å²) < 4.78 is 1.17. The Morgan fingerprint density at radius 1 is 0.852 bits per heavy atom. The minimum absolute atomic E-state index is 0. The average Bonchev–Trinajstić information content (AvgIpc) is 3.23. The van der Waals surface area contributed by atoms with Gasteiger partial charge in [-0.05, 0) is 76.2 Å². The third kappa shape index (κ3) is 7.26. The molecule has 10 radical (unpaired) electrons. The van der Waals surface area contributed by atoms with Crippen molar-refractivity contribution in [3.05, 3.63) is 95.5 Å². The molecule has 1 atom stereocenters. The molecule has 5 heteroatoms. The Kier molecular flexibility index (Phi) is 11.4. The van der Waals surface area contributed by atoms with E-state index in [-0.39, 0.29) is 23.1 Å². The molecule has 0 N–H and O–H groups in total. The van der Waals surface area contributed by atoms with E-state index >= 15 is 0 Å². The van der Waals surface area contributed by atoms with Crippen molar-refractivity contribution in [2.45, 2.75) is 25.7 Å². The fraction of sp³-hybridized carbons (Fsp3) is 0.273. The molecule has 144 valence electrons. The van der Waals surface area contributed by atoms with E-state index < -0.39 is 8.07 Å². The molecule has 1 aromatic rings. The third-order valence-corrected chi connectivity index (χ3v) is 7.76. The molecule has 0 heterocycles. The van der Waals surface area contributed by atoms with Crippen LogP contribution in [0, 0.1) is 61.2 Å². The van der Waals surface area contributed by atoms with Crippen LogP contribution in [0.4, 0.5) is 0 Å². The van der Waals surface area contributed by atoms with E-state index in [9.17, 15) is 0 Å². The number of hydrogen-bond donors (Lipinski definition) is 0. The first-order chi connectivity index (χ1) is 12.2. The Morgan fingerprint density at radius 2 is 1.37 bits per heavy atom. The molecule has 0 bridgehead atoms. The molecule has 2 fully saturated rings. The van der Waals surface area contributed by atoms with Crippen LogP contribution in [0.5, 0.6) is 0 Å². The Balaban J connectivity index is 0.000000526. The Bertz CT molecular complexity index is 550. The molecule has 27 heavy (non-hydrogen) atoms. The van der Waals surface area contributed by atoms with Crippen molar-refractivity contribution in [2.24, 2.45) is 0 Å². The first-order valence-electron chi connectivity index (χ1n) is 8.76. The predicted octanol–water partition coefficient (Wildman–Crippen LogP) is 6.45. The van der Waals surface area contributed by atoms with Gasteiger partial charge in [0.05, 0.1) is 12.9 Å². The summed E-state index contributed by atoms with van der Waals surface area (Å²) >= 11 is 7.50. The molecule has 0 spiro atoms. The van der Waals surface area contributed by atoms with Gasteiger partial charge in [-0.1, -0.05) is 69.7 Å². The van der Waals surface area contributed by atoms with Gasteiger partial charge in [-0.25, -0.2) is 0 Å². The zero-order valence-electron chi connectivity index (χ0n) is 16.5. The minimum Gasteiger partial charge on any atom is -0.302 e. The number of halogens is 2. The summed E-state index contributed by atoms with van der Waals surface area (Å²) in [6.07, 6.45) is 14.5. The Morgan fingerprint density at radius 3 is 1.81 bits per heavy atom. The number of benzene rings is 1. The summed E-state index contributed by atoms with van der Waals surface area (Å²) in [5.74, 6) is 1.42. The molecule has 0 saturated heterocycles. The van der Waals surface area contributed by atoms with Crippen molar-refractivity contribution in [2.75, 3.05) is 14.1 Å². The molecule has 2 aliphatic carbocycles. The number of nitrogens with zero attached hydrogens (tertiary/aromatic N) is 1. The van der Waals surface area contributed by atoms with Crippen molar-refractivity contribution in [1.82, 2.24) is 4.90 Å². The Labute approximate surface area is 196 Å². The summed E-state index contributed by atoms with van der Waals surface area (Å²) in [6.45, 7) is 7.22. The first kappa shape index (κ1) is 25.9. The van der Waals surface area contributed by atoms with Gasteiger partial charge in [-0.2, -0.15) is 0 Å². The summed E-state index contributed by atoms with van der Waals surface area (Å²) in [5, 5.41) is 0. The maximum Gasteiger partial charge on any atom is 2.00 e. The molecular formula is C22H27Br2FeNSi+2. The van der Waals surface area contributed by atoms with Crippen LogP contribution < -0.4 is 0 Å². The van der Waals surface area contributed by atoms with Crippen LogP contribution in [-0.2, 0) is 17.1 Å². The molecule has 1 nitrogen and oxygen atoms in total. The van der Waals surface area contributed by atoms with E-state index in [1.807, 2.05) is 32.1 Å². The molecule has 0 unspecified atom stereocenters. The number of hydrogen-bond acceptors (Lipinski definition) is 1. The van der Waals surface area contributed by atoms with Crippen LogP contribution in [0.15, 0.2) is 28.7 Å². The summed E-state index contributed by atoms with van der Waals surface area (Å²) in [5.41, 5.74) is 2.85. The summed E-state index contributed by atoms with van der Waals surface area (Å²) in [7, 11) is 2.91. The molecule has 3 rings (SSSR count). The zero-order chi connectivity index (χ0) is 19.3. The molecule has 1 aromatic carbocycles. The van der Waals surface area contributed by atoms with E-state index in [2.05, 4.69) is 108 Å². The van der Waals surface area contributed by atoms with Gasteiger partial charge in [-0.3, -0.25) is 0 Å². The topological polar surface area (TPSA) is 3.24 Å². The van der Waals surface area contributed by atoms with Crippen LogP contribution in [-0.4, -0.2) is 27.1 Å². The predicted molar refractivity (Wildman–Crippen MR) is 123 cm³/mol. The minimum atomic E-state index is -1.39. The van der Waals surface area contributed by atoms with Gasteiger partial charge in [0, 0.05) is 16.4 Å². The van der Waals surface area contributed by atoms with Crippen LogP contribution in [0.3, 0.4) is 0 Å². The van der Waals surface area contributed by atoms with Crippen molar-refractivity contribution in [3.63, 3.8) is 0 Å². The van der Waals surface area contributed by atoms with E-state index in [0.29, 0.717) is 0 Å². The van der Waals surface area contributed by atoms with Gasteiger partial charge >= 0.3 is 17.1 Å². The van der Waals surface area contributed by atoms with Crippen LogP contribution >= 0.6 is 31.9 Å². The standard InChI is InChI=1S/C17H22Br2NSi.C5H5.Fe/c1-20(2)17(12-8-6-7-9-13(12)18)16-14(19)10-11-15(16)21(3,4)5;1-2-4-5-3-1;/h6-11,17H,1-5H3;1-5H;/q;;+2/t17-;;/m1../s1. The summed E-state index contributed by atoms with van der Waals surface area (Å²) in [4.78, 5) is 3.51. The molecule has 2 aliphatic rings. The maximum atomic E-state index is 3.78. The van der Waals surface area contributed by atoms with E-state index in [1.54, 1.807) is 0 Å². The fourth-order valence-corrected chi connectivity index (χ4v) is 6.02. The molecular weight excluding hydrogens is 522 g/mol. The van der Waals surface area contributed by atoms with E-state index in [1.165, 1.54) is 26.3 Å². The number of rotatable bonds is 4. The zero-order valence-corrected chi connectivity index (χ0v) is 21.8. The first-order valence-corrected chi connectivity index (χ1v) is 13.8. The van der Waals surface area contributed by atoms with E-state index in [4.69, 9.17) is 0 Å². The van der Waals surface area contributed by atoms with Crippen LogP contribution in [0.2, 0.25) is 19.6 Å². The fourth-order valence-electron chi connectivity index (χ4n) is 3.11. The smallest absolute Gasteiger partial charge is 0.302 e. The van der Waals surface area contributed by atoms with Gasteiger partial charge < -0.3 is 4.90 Å². The van der Waals surface area contributed by atoms with Crippen LogP contribution in [0.25, 0.3) is 0 Å². The molecule has 0 aromatic heterocycles. The molecule has 2 saturated carbocycles. The summed E-state index contributed by atoms with van der Waals surface area (Å²) in [6, 6.07) is 8.77. The molecule has 0 aliphatic heterocycles. The third-order valence-electron chi connectivity index (χ3n) is 4.30.